The number of nitrogens with zero attached hydrogens (tertiary/aromatic N) is 2. The van der Waals surface area contributed by atoms with E-state index in [4.69, 9.17) is 0 Å². The van der Waals surface area contributed by atoms with Gasteiger partial charge in [0.25, 0.3) is 0 Å². The fraction of sp³-hybridized carbons (Fsp3) is 0.250. The average Bonchev–Trinajstić information content (AvgIpc) is 2.83. The Kier molecular flexibility index (Phi) is 3.92. The summed E-state index contributed by atoms with van der Waals surface area (Å²) in [5, 5.41) is 4.21. The summed E-state index contributed by atoms with van der Waals surface area (Å²) in [6.45, 7) is 1.68. The quantitative estimate of drug-likeness (QED) is 0.762. The number of amides is 2. The van der Waals surface area contributed by atoms with Crippen molar-refractivity contribution in [3.63, 3.8) is 0 Å². The molecule has 2 amide bonds. The summed E-state index contributed by atoms with van der Waals surface area (Å²) in [5.41, 5.74) is 4.57. The number of carbonyl (C=O) groups excluding carboxylic acids is 1. The van der Waals surface area contributed by atoms with Crippen molar-refractivity contribution in [3.8, 4) is 0 Å². The second-order valence-electron chi connectivity index (χ2n) is 6.53. The first-order valence-corrected chi connectivity index (χ1v) is 8.45. The third kappa shape index (κ3) is 2.97. The Morgan fingerprint density at radius 3 is 2.76 bits per heavy atom. The van der Waals surface area contributed by atoms with E-state index in [0.29, 0.717) is 19.6 Å². The van der Waals surface area contributed by atoms with Gasteiger partial charge in [-0.1, -0.05) is 24.3 Å². The second-order valence-corrected chi connectivity index (χ2v) is 6.53. The van der Waals surface area contributed by atoms with Crippen LogP contribution < -0.4 is 5.32 Å². The zero-order chi connectivity index (χ0) is 17.4. The molecule has 0 unspecified atom stereocenters. The number of carbonyl (C=O) groups is 1. The molecule has 0 fully saturated rings. The van der Waals surface area contributed by atoms with Gasteiger partial charge in [-0.15, -0.1) is 0 Å². The predicted octanol–water partition coefficient (Wildman–Crippen LogP) is 3.59. The molecule has 1 aliphatic heterocycles. The standard InChI is InChI=1S/C20H20FN3O/c1-23-12-16-9-10-24(13-15-3-2-4-18(23)19(15)16)20(25)22-11-14-5-7-17(21)8-6-14/h2-8,12H,9-11,13H2,1H3,(H,22,25). The average molecular weight is 337 g/mol. The van der Waals surface area contributed by atoms with Crippen LogP contribution in [-0.4, -0.2) is 22.0 Å². The Hall–Kier alpha value is -2.82. The van der Waals surface area contributed by atoms with Crippen LogP contribution in [0.1, 0.15) is 16.7 Å². The van der Waals surface area contributed by atoms with Crippen LogP contribution in [0.2, 0.25) is 0 Å². The van der Waals surface area contributed by atoms with Crippen LogP contribution >= 0.6 is 0 Å². The van der Waals surface area contributed by atoms with Crippen LogP contribution in [0.15, 0.2) is 48.7 Å². The van der Waals surface area contributed by atoms with Gasteiger partial charge in [-0.05, 0) is 41.3 Å². The molecule has 0 spiro atoms. The van der Waals surface area contributed by atoms with Crippen molar-refractivity contribution in [1.82, 2.24) is 14.8 Å². The Balaban J connectivity index is 1.50. The number of halogens is 1. The van der Waals surface area contributed by atoms with Crippen molar-refractivity contribution < 1.29 is 9.18 Å². The number of nitrogens with one attached hydrogen (secondary N) is 1. The molecule has 0 saturated heterocycles. The Morgan fingerprint density at radius 1 is 1.16 bits per heavy atom. The Morgan fingerprint density at radius 2 is 1.96 bits per heavy atom. The highest BCUT2D eigenvalue weighted by Crippen LogP contribution is 2.28. The lowest BCUT2D eigenvalue weighted by atomic mass is 10.1. The summed E-state index contributed by atoms with van der Waals surface area (Å²) < 4.78 is 15.1. The highest BCUT2D eigenvalue weighted by atomic mass is 19.1. The van der Waals surface area contributed by atoms with Gasteiger partial charge < -0.3 is 14.8 Å². The van der Waals surface area contributed by atoms with E-state index in [0.717, 1.165) is 12.0 Å². The smallest absolute Gasteiger partial charge is 0.317 e. The molecule has 25 heavy (non-hydrogen) atoms. The number of urea groups is 1. The molecule has 1 aliphatic rings. The van der Waals surface area contributed by atoms with Gasteiger partial charge >= 0.3 is 6.03 Å². The second kappa shape index (κ2) is 6.24. The largest absolute Gasteiger partial charge is 0.350 e. The Bertz CT molecular complexity index is 930. The minimum absolute atomic E-state index is 0.0872. The predicted molar refractivity (Wildman–Crippen MR) is 95.7 cm³/mol. The molecule has 0 bridgehead atoms. The van der Waals surface area contributed by atoms with E-state index in [9.17, 15) is 9.18 Å². The van der Waals surface area contributed by atoms with E-state index < -0.39 is 0 Å². The zero-order valence-corrected chi connectivity index (χ0v) is 14.1. The first-order chi connectivity index (χ1) is 12.1. The normalized spacial score (nSPS) is 13.8. The molecule has 3 aromatic rings. The topological polar surface area (TPSA) is 37.3 Å². The first-order valence-electron chi connectivity index (χ1n) is 8.45. The van der Waals surface area contributed by atoms with Gasteiger partial charge in [-0.25, -0.2) is 9.18 Å². The van der Waals surface area contributed by atoms with Gasteiger partial charge in [0.05, 0.1) is 0 Å². The van der Waals surface area contributed by atoms with Crippen molar-refractivity contribution in [2.75, 3.05) is 6.54 Å². The summed E-state index contributed by atoms with van der Waals surface area (Å²) in [7, 11) is 2.06. The molecule has 0 radical (unpaired) electrons. The summed E-state index contributed by atoms with van der Waals surface area (Å²) in [5.74, 6) is -0.270. The van der Waals surface area contributed by atoms with Crippen molar-refractivity contribution in [3.05, 3.63) is 71.2 Å². The fourth-order valence-corrected chi connectivity index (χ4v) is 3.55. The summed E-state index contributed by atoms with van der Waals surface area (Å²) in [6, 6.07) is 12.4. The van der Waals surface area contributed by atoms with E-state index in [-0.39, 0.29) is 11.8 Å². The third-order valence-corrected chi connectivity index (χ3v) is 4.84. The lowest BCUT2D eigenvalue weighted by Crippen LogP contribution is -2.39. The molecule has 0 saturated carbocycles. The van der Waals surface area contributed by atoms with Gasteiger partial charge in [-0.2, -0.15) is 0 Å². The molecule has 0 aliphatic carbocycles. The Labute approximate surface area is 145 Å². The maximum atomic E-state index is 13.0. The van der Waals surface area contributed by atoms with Crippen LogP contribution in [0.25, 0.3) is 10.9 Å². The molecule has 5 heteroatoms. The molecule has 128 valence electrons. The van der Waals surface area contributed by atoms with E-state index in [1.165, 1.54) is 34.2 Å². The number of aromatic nitrogens is 1. The molecule has 2 heterocycles. The van der Waals surface area contributed by atoms with Crippen LogP contribution in [0.5, 0.6) is 0 Å². The highest BCUT2D eigenvalue weighted by molar-refractivity contribution is 5.88. The van der Waals surface area contributed by atoms with Gasteiger partial charge in [-0.3, -0.25) is 0 Å². The fourth-order valence-electron chi connectivity index (χ4n) is 3.55. The lowest BCUT2D eigenvalue weighted by molar-refractivity contribution is 0.196. The lowest BCUT2D eigenvalue weighted by Gasteiger charge is -2.22. The molecule has 1 aromatic heterocycles. The van der Waals surface area contributed by atoms with E-state index in [1.807, 2.05) is 11.0 Å². The van der Waals surface area contributed by atoms with E-state index in [1.54, 1.807) is 12.1 Å². The molecule has 4 rings (SSSR count). The molecule has 1 N–H and O–H groups in total. The SMILES string of the molecule is Cn1cc2c3c(cccc31)CN(C(=O)NCc1ccc(F)cc1)CC2. The molecule has 2 aromatic carbocycles. The monoisotopic (exact) mass is 337 g/mol. The van der Waals surface area contributed by atoms with E-state index in [2.05, 4.69) is 35.3 Å². The van der Waals surface area contributed by atoms with Crippen LogP contribution in [0, 0.1) is 5.82 Å². The summed E-state index contributed by atoms with van der Waals surface area (Å²) in [4.78, 5) is 14.4. The number of aryl methyl sites for hydroxylation is 1. The molecular formula is C20H20FN3O. The highest BCUT2D eigenvalue weighted by Gasteiger charge is 2.21. The van der Waals surface area contributed by atoms with Crippen molar-refractivity contribution in [2.24, 2.45) is 7.05 Å². The molecule has 4 nitrogen and oxygen atoms in total. The maximum Gasteiger partial charge on any atom is 0.317 e. The van der Waals surface area contributed by atoms with Crippen molar-refractivity contribution in [1.29, 1.82) is 0 Å². The van der Waals surface area contributed by atoms with Crippen LogP contribution in [0.3, 0.4) is 0 Å². The minimum atomic E-state index is -0.270. The number of hydrogen-bond donors (Lipinski definition) is 1. The van der Waals surface area contributed by atoms with Gasteiger partial charge in [0.15, 0.2) is 0 Å². The number of benzene rings is 2. The number of rotatable bonds is 2. The van der Waals surface area contributed by atoms with Crippen LogP contribution in [-0.2, 0) is 26.6 Å². The summed E-state index contributed by atoms with van der Waals surface area (Å²) >= 11 is 0. The minimum Gasteiger partial charge on any atom is -0.350 e. The van der Waals surface area contributed by atoms with Gasteiger partial charge in [0, 0.05) is 43.8 Å². The molecule has 0 atom stereocenters. The molecular weight excluding hydrogens is 317 g/mol. The van der Waals surface area contributed by atoms with Gasteiger partial charge in [0.1, 0.15) is 5.82 Å². The summed E-state index contributed by atoms with van der Waals surface area (Å²) in [6.07, 6.45) is 3.01. The third-order valence-electron chi connectivity index (χ3n) is 4.84. The zero-order valence-electron chi connectivity index (χ0n) is 14.1. The van der Waals surface area contributed by atoms with Crippen molar-refractivity contribution in [2.45, 2.75) is 19.5 Å². The maximum absolute atomic E-state index is 13.0. The van der Waals surface area contributed by atoms with Gasteiger partial charge in [0.2, 0.25) is 0 Å². The van der Waals surface area contributed by atoms with Crippen molar-refractivity contribution >= 4 is 16.9 Å². The number of hydrogen-bond acceptors (Lipinski definition) is 1. The first kappa shape index (κ1) is 15.7. The van der Waals surface area contributed by atoms with Crippen LogP contribution in [0.4, 0.5) is 9.18 Å². The van der Waals surface area contributed by atoms with E-state index >= 15 is 0 Å².